The maximum Gasteiger partial charge on any atom is 0.313 e. The Balaban J connectivity index is 2.41. The molecule has 0 amide bonds. The number of nitrogens with zero attached hydrogens (tertiary/aromatic N) is 2. The molecule has 4 nitrogen and oxygen atoms in total. The lowest BCUT2D eigenvalue weighted by Crippen LogP contribution is -2.03. The number of carboxylic acid groups (broad SMARTS) is 1. The zero-order valence-electron chi connectivity index (χ0n) is 10.6. The zero-order valence-corrected chi connectivity index (χ0v) is 11.4. The van der Waals surface area contributed by atoms with Crippen molar-refractivity contribution in [2.24, 2.45) is 0 Å². The van der Waals surface area contributed by atoms with E-state index in [-0.39, 0.29) is 11.6 Å². The summed E-state index contributed by atoms with van der Waals surface area (Å²) in [6.07, 6.45) is 1.96. The van der Waals surface area contributed by atoms with Crippen LogP contribution < -0.4 is 0 Å². The number of halogens is 1. The van der Waals surface area contributed by atoms with Gasteiger partial charge in [0, 0.05) is 6.54 Å². The normalized spacial score (nSPS) is 11.1. The molecule has 0 fully saturated rings. The van der Waals surface area contributed by atoms with E-state index in [9.17, 15) is 9.18 Å². The highest BCUT2D eigenvalue weighted by Crippen LogP contribution is 2.26. The van der Waals surface area contributed by atoms with Gasteiger partial charge in [0.05, 0.1) is 11.3 Å². The standard InChI is InChI=1S/C13H15FN2O2S/c1-2-3-7-16-10-6-4-5-9(14)12(10)15-13(16)19-8-11(17)18/h4-6H,2-3,7-8H2,1H3,(H,17,18). The molecule has 2 rings (SSSR count). The smallest absolute Gasteiger partial charge is 0.313 e. The lowest BCUT2D eigenvalue weighted by atomic mass is 10.3. The molecule has 0 spiro atoms. The maximum atomic E-state index is 13.7. The minimum Gasteiger partial charge on any atom is -0.481 e. The maximum absolute atomic E-state index is 13.7. The van der Waals surface area contributed by atoms with Gasteiger partial charge in [-0.15, -0.1) is 0 Å². The molecule has 0 bridgehead atoms. The largest absolute Gasteiger partial charge is 0.481 e. The first-order chi connectivity index (χ1) is 9.13. The van der Waals surface area contributed by atoms with Crippen LogP contribution in [0.4, 0.5) is 4.39 Å². The molecule has 1 N–H and O–H groups in total. The third-order valence-electron chi connectivity index (χ3n) is 2.75. The van der Waals surface area contributed by atoms with E-state index in [1.807, 2.05) is 10.6 Å². The van der Waals surface area contributed by atoms with E-state index in [4.69, 9.17) is 5.11 Å². The van der Waals surface area contributed by atoms with Crippen molar-refractivity contribution in [1.29, 1.82) is 0 Å². The van der Waals surface area contributed by atoms with E-state index in [1.54, 1.807) is 6.07 Å². The summed E-state index contributed by atoms with van der Waals surface area (Å²) in [5.41, 5.74) is 1.04. The Kier molecular flexibility index (Phi) is 4.42. The Hall–Kier alpha value is -1.56. The van der Waals surface area contributed by atoms with Crippen molar-refractivity contribution < 1.29 is 14.3 Å². The molecule has 0 radical (unpaired) electrons. The summed E-state index contributed by atoms with van der Waals surface area (Å²) >= 11 is 1.13. The van der Waals surface area contributed by atoms with Crippen LogP contribution in [-0.4, -0.2) is 26.4 Å². The average Bonchev–Trinajstić information content (AvgIpc) is 2.73. The van der Waals surface area contributed by atoms with Crippen LogP contribution in [0.2, 0.25) is 0 Å². The first-order valence-corrected chi connectivity index (χ1v) is 7.11. The van der Waals surface area contributed by atoms with Gasteiger partial charge in [0.15, 0.2) is 11.0 Å². The molecule has 1 heterocycles. The SMILES string of the molecule is CCCCn1c(SCC(=O)O)nc2c(F)cccc21. The van der Waals surface area contributed by atoms with E-state index < -0.39 is 5.97 Å². The van der Waals surface area contributed by atoms with Crippen LogP contribution in [0.3, 0.4) is 0 Å². The second kappa shape index (κ2) is 6.06. The van der Waals surface area contributed by atoms with Crippen molar-refractivity contribution in [3.63, 3.8) is 0 Å². The van der Waals surface area contributed by atoms with Gasteiger partial charge in [0.25, 0.3) is 0 Å². The molecule has 102 valence electrons. The molecular weight excluding hydrogens is 267 g/mol. The number of para-hydroxylation sites is 1. The molecule has 2 aromatic rings. The molecule has 6 heteroatoms. The number of aromatic nitrogens is 2. The fraction of sp³-hybridized carbons (Fsp3) is 0.385. The molecule has 1 aromatic heterocycles. The molecule has 0 aliphatic heterocycles. The minimum atomic E-state index is -0.903. The van der Waals surface area contributed by atoms with E-state index >= 15 is 0 Å². The van der Waals surface area contributed by atoms with Gasteiger partial charge in [-0.05, 0) is 18.6 Å². The van der Waals surface area contributed by atoms with Gasteiger partial charge < -0.3 is 9.67 Å². The molecule has 0 atom stereocenters. The quantitative estimate of drug-likeness (QED) is 0.827. The van der Waals surface area contributed by atoms with Crippen molar-refractivity contribution in [1.82, 2.24) is 9.55 Å². The number of aliphatic carboxylic acids is 1. The highest BCUT2D eigenvalue weighted by Gasteiger charge is 2.14. The Morgan fingerprint density at radius 1 is 1.53 bits per heavy atom. The summed E-state index contributed by atoms with van der Waals surface area (Å²) in [6.45, 7) is 2.79. The summed E-state index contributed by atoms with van der Waals surface area (Å²) in [4.78, 5) is 14.9. The fourth-order valence-electron chi connectivity index (χ4n) is 1.86. The van der Waals surface area contributed by atoms with Crippen molar-refractivity contribution >= 4 is 28.8 Å². The number of unbranched alkanes of at least 4 members (excludes halogenated alkanes) is 1. The lowest BCUT2D eigenvalue weighted by Gasteiger charge is -2.06. The van der Waals surface area contributed by atoms with Crippen LogP contribution in [-0.2, 0) is 11.3 Å². The number of fused-ring (bicyclic) bond motifs is 1. The number of imidazole rings is 1. The van der Waals surface area contributed by atoms with E-state index in [0.717, 1.165) is 36.7 Å². The number of hydrogen-bond acceptors (Lipinski definition) is 3. The highest BCUT2D eigenvalue weighted by molar-refractivity contribution is 7.99. The molecule has 0 unspecified atom stereocenters. The molecular formula is C13H15FN2O2S. The van der Waals surface area contributed by atoms with Crippen LogP contribution in [0.1, 0.15) is 19.8 Å². The summed E-state index contributed by atoms with van der Waals surface area (Å²) in [7, 11) is 0. The number of rotatable bonds is 6. The number of hydrogen-bond donors (Lipinski definition) is 1. The molecule has 19 heavy (non-hydrogen) atoms. The molecule has 0 aliphatic carbocycles. The Labute approximate surface area is 114 Å². The van der Waals surface area contributed by atoms with Gasteiger partial charge in [0.1, 0.15) is 5.52 Å². The van der Waals surface area contributed by atoms with Gasteiger partial charge in [-0.3, -0.25) is 4.79 Å². The monoisotopic (exact) mass is 282 g/mol. The van der Waals surface area contributed by atoms with Crippen LogP contribution >= 0.6 is 11.8 Å². The number of thioether (sulfide) groups is 1. The van der Waals surface area contributed by atoms with Crippen molar-refractivity contribution in [3.05, 3.63) is 24.0 Å². The van der Waals surface area contributed by atoms with E-state index in [0.29, 0.717) is 10.7 Å². The van der Waals surface area contributed by atoms with Crippen LogP contribution in [0.15, 0.2) is 23.4 Å². The predicted molar refractivity (Wildman–Crippen MR) is 73.0 cm³/mol. The minimum absolute atomic E-state index is 0.0724. The summed E-state index contributed by atoms with van der Waals surface area (Å²) in [6, 6.07) is 4.82. The van der Waals surface area contributed by atoms with Gasteiger partial charge in [-0.25, -0.2) is 9.37 Å². The number of benzene rings is 1. The van der Waals surface area contributed by atoms with Crippen molar-refractivity contribution in [3.8, 4) is 0 Å². The number of aryl methyl sites for hydroxylation is 1. The Morgan fingerprint density at radius 3 is 3.00 bits per heavy atom. The van der Waals surface area contributed by atoms with Crippen molar-refractivity contribution in [2.45, 2.75) is 31.5 Å². The van der Waals surface area contributed by atoms with E-state index in [1.165, 1.54) is 6.07 Å². The second-order valence-corrected chi connectivity index (χ2v) is 5.13. The van der Waals surface area contributed by atoms with Crippen LogP contribution in [0, 0.1) is 5.82 Å². The lowest BCUT2D eigenvalue weighted by molar-refractivity contribution is -0.133. The third kappa shape index (κ3) is 3.07. The van der Waals surface area contributed by atoms with Gasteiger partial charge in [-0.1, -0.05) is 31.2 Å². The fourth-order valence-corrected chi connectivity index (χ4v) is 2.61. The average molecular weight is 282 g/mol. The van der Waals surface area contributed by atoms with Crippen LogP contribution in [0.5, 0.6) is 0 Å². The summed E-state index contributed by atoms with van der Waals surface area (Å²) in [5.74, 6) is -1.35. The Morgan fingerprint density at radius 2 is 2.32 bits per heavy atom. The van der Waals surface area contributed by atoms with Crippen molar-refractivity contribution in [2.75, 3.05) is 5.75 Å². The Bertz CT molecular complexity index is 598. The summed E-state index contributed by atoms with van der Waals surface area (Å²) < 4.78 is 15.6. The molecule has 1 aromatic carbocycles. The number of carbonyl (C=O) groups is 1. The van der Waals surface area contributed by atoms with E-state index in [2.05, 4.69) is 11.9 Å². The highest BCUT2D eigenvalue weighted by atomic mass is 32.2. The van der Waals surface area contributed by atoms with Gasteiger partial charge in [0.2, 0.25) is 0 Å². The predicted octanol–water partition coefficient (Wildman–Crippen LogP) is 3.15. The van der Waals surface area contributed by atoms with Gasteiger partial charge >= 0.3 is 5.97 Å². The first kappa shape index (κ1) is 13.9. The molecule has 0 aliphatic rings. The first-order valence-electron chi connectivity index (χ1n) is 6.12. The third-order valence-corrected chi connectivity index (χ3v) is 3.72. The number of carboxylic acids is 1. The molecule has 0 saturated carbocycles. The van der Waals surface area contributed by atoms with Gasteiger partial charge in [-0.2, -0.15) is 0 Å². The second-order valence-electron chi connectivity index (χ2n) is 4.19. The summed E-state index contributed by atoms with van der Waals surface area (Å²) in [5, 5.41) is 9.30. The topological polar surface area (TPSA) is 55.1 Å². The molecule has 0 saturated heterocycles. The van der Waals surface area contributed by atoms with Crippen LogP contribution in [0.25, 0.3) is 11.0 Å². The zero-order chi connectivity index (χ0) is 13.8.